The third-order valence-corrected chi connectivity index (χ3v) is 2.92. The third-order valence-electron chi connectivity index (χ3n) is 2.92. The van der Waals surface area contributed by atoms with Crippen LogP contribution in [-0.4, -0.2) is 31.3 Å². The van der Waals surface area contributed by atoms with E-state index in [1.807, 2.05) is 0 Å². The van der Waals surface area contributed by atoms with Crippen LogP contribution in [0.3, 0.4) is 0 Å². The summed E-state index contributed by atoms with van der Waals surface area (Å²) in [5.74, 6) is -0.566. The van der Waals surface area contributed by atoms with E-state index >= 15 is 0 Å². The number of aromatic nitrogens is 4. The van der Waals surface area contributed by atoms with Crippen LogP contribution in [0.2, 0.25) is 0 Å². The number of hydrogen-bond donors (Lipinski definition) is 0. The van der Waals surface area contributed by atoms with Gasteiger partial charge in [0.1, 0.15) is 0 Å². The zero-order chi connectivity index (χ0) is 14.0. The highest BCUT2D eigenvalue weighted by atomic mass is 16.1. The van der Waals surface area contributed by atoms with E-state index in [-0.39, 0.29) is 23.8 Å². The Morgan fingerprint density at radius 3 is 2.32 bits per heavy atom. The van der Waals surface area contributed by atoms with Crippen LogP contribution in [0.5, 0.6) is 0 Å². The zero-order valence-corrected chi connectivity index (χ0v) is 11.0. The van der Waals surface area contributed by atoms with E-state index in [1.165, 1.54) is 12.4 Å². The first-order valence-corrected chi connectivity index (χ1v) is 5.84. The van der Waals surface area contributed by atoms with Gasteiger partial charge in [0.25, 0.3) is 0 Å². The third kappa shape index (κ3) is 2.57. The summed E-state index contributed by atoms with van der Waals surface area (Å²) in [5, 5.41) is 4.16. The molecule has 0 spiro atoms. The van der Waals surface area contributed by atoms with E-state index in [1.54, 1.807) is 31.6 Å². The first kappa shape index (κ1) is 13.1. The number of carbonyl (C=O) groups is 2. The van der Waals surface area contributed by atoms with Crippen molar-refractivity contribution >= 4 is 11.6 Å². The molecule has 0 unspecified atom stereocenters. The maximum atomic E-state index is 12.2. The Hall–Kier alpha value is -2.37. The number of ketones is 2. The average Bonchev–Trinajstić information content (AvgIpc) is 2.64. The second kappa shape index (κ2) is 5.09. The van der Waals surface area contributed by atoms with Crippen molar-refractivity contribution in [3.63, 3.8) is 0 Å². The number of nitrogens with zero attached hydrogens (tertiary/aromatic N) is 4. The standard InChI is InChI=1S/C13H14N4O2/c1-8-12(9(2)17(3)16-8)10(18)7-11(19)13-14-5-4-6-15-13/h4-6H,7H2,1-3H3. The molecule has 0 aromatic carbocycles. The molecular formula is C13H14N4O2. The summed E-state index contributed by atoms with van der Waals surface area (Å²) < 4.78 is 1.63. The summed E-state index contributed by atoms with van der Waals surface area (Å²) in [6.07, 6.45) is 2.72. The minimum atomic E-state index is -0.381. The minimum absolute atomic E-state index is 0.0649. The van der Waals surface area contributed by atoms with Gasteiger partial charge < -0.3 is 0 Å². The van der Waals surface area contributed by atoms with E-state index in [0.29, 0.717) is 11.3 Å². The Bertz CT molecular complexity index is 632. The molecular weight excluding hydrogens is 244 g/mol. The fourth-order valence-electron chi connectivity index (χ4n) is 1.93. The lowest BCUT2D eigenvalue weighted by molar-refractivity contribution is 0.0887. The first-order chi connectivity index (χ1) is 9.00. The van der Waals surface area contributed by atoms with E-state index in [2.05, 4.69) is 15.1 Å². The Morgan fingerprint density at radius 2 is 1.79 bits per heavy atom. The fourth-order valence-corrected chi connectivity index (χ4v) is 1.93. The lowest BCUT2D eigenvalue weighted by atomic mass is 10.0. The number of aryl methyl sites for hydroxylation is 2. The molecule has 6 heteroatoms. The van der Waals surface area contributed by atoms with Crippen LogP contribution in [0.1, 0.15) is 38.8 Å². The molecule has 0 aliphatic carbocycles. The van der Waals surface area contributed by atoms with Gasteiger partial charge >= 0.3 is 0 Å². The van der Waals surface area contributed by atoms with Crippen LogP contribution in [-0.2, 0) is 7.05 Å². The number of Topliss-reactive ketones (excluding diaryl/α,β-unsaturated/α-hetero) is 2. The van der Waals surface area contributed by atoms with E-state index in [0.717, 1.165) is 5.69 Å². The second-order valence-electron chi connectivity index (χ2n) is 4.26. The molecule has 2 rings (SSSR count). The summed E-state index contributed by atoms with van der Waals surface area (Å²) in [6.45, 7) is 3.56. The summed E-state index contributed by atoms with van der Waals surface area (Å²) in [6, 6.07) is 1.62. The highest BCUT2D eigenvalue weighted by Crippen LogP contribution is 2.15. The monoisotopic (exact) mass is 258 g/mol. The minimum Gasteiger partial charge on any atom is -0.294 e. The largest absolute Gasteiger partial charge is 0.294 e. The molecule has 6 nitrogen and oxygen atoms in total. The van der Waals surface area contributed by atoms with Crippen molar-refractivity contribution < 1.29 is 9.59 Å². The van der Waals surface area contributed by atoms with Gasteiger partial charge in [-0.1, -0.05) is 0 Å². The predicted octanol–water partition coefficient (Wildman–Crippen LogP) is 1.28. The lowest BCUT2D eigenvalue weighted by Gasteiger charge is -2.01. The van der Waals surface area contributed by atoms with Gasteiger partial charge in [-0.05, 0) is 19.9 Å². The summed E-state index contributed by atoms with van der Waals surface area (Å²) in [5.41, 5.74) is 1.89. The Labute approximate surface area is 110 Å². The van der Waals surface area contributed by atoms with E-state index < -0.39 is 0 Å². The summed E-state index contributed by atoms with van der Waals surface area (Å²) >= 11 is 0. The summed E-state index contributed by atoms with van der Waals surface area (Å²) in [7, 11) is 1.77. The number of rotatable bonds is 4. The first-order valence-electron chi connectivity index (χ1n) is 5.84. The topological polar surface area (TPSA) is 77.7 Å². The zero-order valence-electron chi connectivity index (χ0n) is 11.0. The Kier molecular flexibility index (Phi) is 3.50. The van der Waals surface area contributed by atoms with Gasteiger partial charge in [0.05, 0.1) is 17.7 Å². The van der Waals surface area contributed by atoms with Crippen LogP contribution in [0.4, 0.5) is 0 Å². The van der Waals surface area contributed by atoms with Crippen LogP contribution in [0.25, 0.3) is 0 Å². The maximum Gasteiger partial charge on any atom is 0.207 e. The Balaban J connectivity index is 2.20. The molecule has 98 valence electrons. The molecule has 2 aromatic rings. The van der Waals surface area contributed by atoms with Crippen molar-refractivity contribution in [3.05, 3.63) is 41.2 Å². The van der Waals surface area contributed by atoms with E-state index in [9.17, 15) is 9.59 Å². The van der Waals surface area contributed by atoms with Gasteiger partial charge in [-0.3, -0.25) is 14.3 Å². The highest BCUT2D eigenvalue weighted by Gasteiger charge is 2.21. The molecule has 0 saturated heterocycles. The van der Waals surface area contributed by atoms with Gasteiger partial charge in [0.15, 0.2) is 11.6 Å². The SMILES string of the molecule is Cc1nn(C)c(C)c1C(=O)CC(=O)c1ncccn1. The molecule has 19 heavy (non-hydrogen) atoms. The molecule has 2 heterocycles. The van der Waals surface area contributed by atoms with Gasteiger partial charge in [-0.25, -0.2) is 9.97 Å². The van der Waals surface area contributed by atoms with Crippen molar-refractivity contribution in [3.8, 4) is 0 Å². The number of carbonyl (C=O) groups excluding carboxylic acids is 2. The maximum absolute atomic E-state index is 12.2. The van der Waals surface area contributed by atoms with Gasteiger partial charge in [-0.15, -0.1) is 0 Å². The van der Waals surface area contributed by atoms with Crippen LogP contribution < -0.4 is 0 Å². The molecule has 0 saturated carbocycles. The van der Waals surface area contributed by atoms with Gasteiger partial charge in [-0.2, -0.15) is 5.10 Å². The molecule has 0 N–H and O–H groups in total. The molecule has 0 aliphatic heterocycles. The smallest absolute Gasteiger partial charge is 0.207 e. The van der Waals surface area contributed by atoms with Crippen molar-refractivity contribution in [1.29, 1.82) is 0 Å². The molecule has 0 aliphatic rings. The number of hydrogen-bond acceptors (Lipinski definition) is 5. The van der Waals surface area contributed by atoms with Crippen molar-refractivity contribution in [2.45, 2.75) is 20.3 Å². The molecule has 0 atom stereocenters. The van der Waals surface area contributed by atoms with E-state index in [4.69, 9.17) is 0 Å². The second-order valence-corrected chi connectivity index (χ2v) is 4.26. The van der Waals surface area contributed by atoms with Crippen molar-refractivity contribution in [1.82, 2.24) is 19.7 Å². The molecule has 0 amide bonds. The molecule has 0 fully saturated rings. The lowest BCUT2D eigenvalue weighted by Crippen LogP contribution is -2.12. The van der Waals surface area contributed by atoms with Crippen LogP contribution in [0.15, 0.2) is 18.5 Å². The summed E-state index contributed by atoms with van der Waals surface area (Å²) in [4.78, 5) is 31.7. The fraction of sp³-hybridized carbons (Fsp3) is 0.308. The molecule has 0 radical (unpaired) electrons. The van der Waals surface area contributed by atoms with Crippen LogP contribution >= 0.6 is 0 Å². The predicted molar refractivity (Wildman–Crippen MR) is 68.0 cm³/mol. The molecule has 0 bridgehead atoms. The molecule has 2 aromatic heterocycles. The van der Waals surface area contributed by atoms with Crippen molar-refractivity contribution in [2.75, 3.05) is 0 Å². The van der Waals surface area contributed by atoms with Gasteiger partial charge in [0, 0.05) is 25.1 Å². The van der Waals surface area contributed by atoms with Gasteiger partial charge in [0.2, 0.25) is 5.78 Å². The average molecular weight is 258 g/mol. The van der Waals surface area contributed by atoms with Crippen molar-refractivity contribution in [2.24, 2.45) is 7.05 Å². The Morgan fingerprint density at radius 1 is 1.16 bits per heavy atom. The normalized spacial score (nSPS) is 10.5. The highest BCUT2D eigenvalue weighted by molar-refractivity contribution is 6.13. The van der Waals surface area contributed by atoms with Crippen LogP contribution in [0, 0.1) is 13.8 Å². The quantitative estimate of drug-likeness (QED) is 0.610.